The van der Waals surface area contributed by atoms with E-state index in [-0.39, 0.29) is 12.1 Å². The van der Waals surface area contributed by atoms with E-state index in [1.54, 1.807) is 37.4 Å². The molecule has 0 aliphatic rings. The zero-order chi connectivity index (χ0) is 22.4. The van der Waals surface area contributed by atoms with Gasteiger partial charge < -0.3 is 10.8 Å². The number of rotatable bonds is 7. The first-order valence-electron chi connectivity index (χ1n) is 9.25. The fraction of sp³-hybridized carbons (Fsp3) is 0.182. The summed E-state index contributed by atoms with van der Waals surface area (Å²) in [6, 6.07) is 12.0. The van der Waals surface area contributed by atoms with Crippen molar-refractivity contribution in [2.75, 3.05) is 6.54 Å². The maximum Gasteiger partial charge on any atom is 0.129 e. The van der Waals surface area contributed by atoms with Crippen LogP contribution in [0, 0.1) is 23.0 Å². The lowest BCUT2D eigenvalue weighted by Gasteiger charge is -2.32. The van der Waals surface area contributed by atoms with E-state index in [1.807, 2.05) is 0 Å². The van der Waals surface area contributed by atoms with Gasteiger partial charge in [0.25, 0.3) is 0 Å². The third-order valence-corrected chi connectivity index (χ3v) is 6.10. The molecule has 3 N–H and O–H groups in total. The summed E-state index contributed by atoms with van der Waals surface area (Å²) in [6.45, 7) is 1.39. The van der Waals surface area contributed by atoms with Gasteiger partial charge in [0.1, 0.15) is 23.6 Å². The first-order chi connectivity index (χ1) is 14.9. The Kier molecular flexibility index (Phi) is 6.84. The molecule has 0 aliphatic heterocycles. The van der Waals surface area contributed by atoms with Gasteiger partial charge in [0, 0.05) is 17.7 Å². The molecule has 0 spiro atoms. The van der Waals surface area contributed by atoms with Crippen LogP contribution in [0.2, 0.25) is 0 Å². The highest BCUT2D eigenvalue weighted by Crippen LogP contribution is 2.41. The highest BCUT2D eigenvalue weighted by molar-refractivity contribution is 7.15. The highest BCUT2D eigenvalue weighted by atomic mass is 32.1. The third kappa shape index (κ3) is 4.82. The minimum Gasteiger partial charge on any atom is -0.390 e. The summed E-state index contributed by atoms with van der Waals surface area (Å²) in [5, 5.41) is 20.9. The Morgan fingerprint density at radius 1 is 1.29 bits per heavy atom. The molecule has 0 aliphatic carbocycles. The zero-order valence-electron chi connectivity index (χ0n) is 16.5. The number of benzene rings is 2. The minimum absolute atomic E-state index is 0.219. The van der Waals surface area contributed by atoms with E-state index in [0.717, 1.165) is 41.3 Å². The number of nitrogens with zero attached hydrogens (tertiary/aromatic N) is 4. The fourth-order valence-electron chi connectivity index (χ4n) is 3.08. The van der Waals surface area contributed by atoms with Crippen LogP contribution >= 0.6 is 11.3 Å². The smallest absolute Gasteiger partial charge is 0.129 e. The molecular formula is C22H19F2N5OS. The Morgan fingerprint density at radius 3 is 2.71 bits per heavy atom. The van der Waals surface area contributed by atoms with Crippen LogP contribution in [0.1, 0.15) is 29.0 Å². The molecule has 9 heteroatoms. The molecule has 0 bridgehead atoms. The van der Waals surface area contributed by atoms with Crippen molar-refractivity contribution < 1.29 is 13.9 Å². The van der Waals surface area contributed by atoms with E-state index in [0.29, 0.717) is 10.6 Å². The fourth-order valence-corrected chi connectivity index (χ4v) is 4.15. The maximum atomic E-state index is 14.6. The lowest BCUT2D eigenvalue weighted by Crippen LogP contribution is -2.36. The average molecular weight is 439 g/mol. The Balaban J connectivity index is 2.00. The molecule has 0 amide bonds. The number of hydrogen-bond acceptors (Lipinski definition) is 5. The van der Waals surface area contributed by atoms with Crippen LogP contribution < -0.4 is 5.73 Å². The second kappa shape index (κ2) is 9.55. The average Bonchev–Trinajstić information content (AvgIpc) is 3.28. The van der Waals surface area contributed by atoms with E-state index < -0.39 is 23.2 Å². The Morgan fingerprint density at radius 2 is 2.03 bits per heavy atom. The zero-order valence-corrected chi connectivity index (χ0v) is 17.4. The normalized spacial score (nSPS) is 14.5. The molecule has 158 valence electrons. The summed E-state index contributed by atoms with van der Waals surface area (Å²) >= 11 is 1.31. The van der Waals surface area contributed by atoms with Gasteiger partial charge in [0.05, 0.1) is 34.4 Å². The van der Waals surface area contributed by atoms with Crippen molar-refractivity contribution in [1.29, 1.82) is 5.26 Å². The molecular weight excluding hydrogens is 420 g/mol. The van der Waals surface area contributed by atoms with Gasteiger partial charge in [-0.05, 0) is 35.9 Å². The summed E-state index contributed by atoms with van der Waals surface area (Å²) in [7, 11) is 0. The monoisotopic (exact) mass is 439 g/mol. The van der Waals surface area contributed by atoms with Crippen molar-refractivity contribution in [1.82, 2.24) is 4.98 Å². The molecule has 0 saturated heterocycles. The molecule has 3 aromatic rings. The van der Waals surface area contributed by atoms with Gasteiger partial charge in [-0.2, -0.15) is 5.26 Å². The van der Waals surface area contributed by atoms with Crippen LogP contribution in [0.15, 0.2) is 58.6 Å². The second-order valence-electron chi connectivity index (χ2n) is 6.78. The van der Waals surface area contributed by atoms with Gasteiger partial charge >= 0.3 is 0 Å². The molecule has 0 fully saturated rings. The number of hydrogen-bond donors (Lipinski definition) is 2. The minimum atomic E-state index is -1.88. The molecule has 2 aromatic carbocycles. The van der Waals surface area contributed by atoms with E-state index >= 15 is 0 Å². The van der Waals surface area contributed by atoms with E-state index in [9.17, 15) is 13.9 Å². The van der Waals surface area contributed by atoms with Gasteiger partial charge in [0.15, 0.2) is 0 Å². The lowest BCUT2D eigenvalue weighted by molar-refractivity contribution is 0.0185. The third-order valence-electron chi connectivity index (χ3n) is 4.87. The molecule has 1 aromatic heterocycles. The van der Waals surface area contributed by atoms with Crippen LogP contribution in [0.25, 0.3) is 10.4 Å². The largest absolute Gasteiger partial charge is 0.390 e. The Hall–Kier alpha value is -3.48. The Labute approximate surface area is 182 Å². The van der Waals surface area contributed by atoms with E-state index in [4.69, 9.17) is 11.0 Å². The summed E-state index contributed by atoms with van der Waals surface area (Å²) in [4.78, 5) is 12.9. The van der Waals surface area contributed by atoms with Crippen LogP contribution in [0.5, 0.6) is 0 Å². The van der Waals surface area contributed by atoms with Crippen molar-refractivity contribution in [3.63, 3.8) is 0 Å². The molecule has 31 heavy (non-hydrogen) atoms. The quantitative estimate of drug-likeness (QED) is 0.429. The topological polar surface area (TPSA) is 108 Å². The van der Waals surface area contributed by atoms with Crippen LogP contribution in [0.3, 0.4) is 0 Å². The number of aromatic nitrogens is 1. The van der Waals surface area contributed by atoms with Gasteiger partial charge in [-0.15, -0.1) is 11.3 Å². The summed E-state index contributed by atoms with van der Waals surface area (Å²) < 4.78 is 28.5. The van der Waals surface area contributed by atoms with Crippen LogP contribution in [-0.2, 0) is 5.60 Å². The lowest BCUT2D eigenvalue weighted by atomic mass is 9.82. The predicted octanol–water partition coefficient (Wildman–Crippen LogP) is 3.97. The van der Waals surface area contributed by atoms with Gasteiger partial charge in [-0.3, -0.25) is 4.99 Å². The van der Waals surface area contributed by atoms with Crippen LogP contribution in [0.4, 0.5) is 8.78 Å². The van der Waals surface area contributed by atoms with Crippen LogP contribution in [-0.4, -0.2) is 29.3 Å². The molecule has 3 rings (SSSR count). The number of nitriles is 1. The number of halogens is 2. The molecule has 6 nitrogen and oxygen atoms in total. The van der Waals surface area contributed by atoms with Gasteiger partial charge in [-0.25, -0.2) is 18.8 Å². The SMILES string of the molecule is CC(c1ncc(-c2ccc(C#N)cc2)s1)C(O)(CN=CN=CN)c1cc(F)ccc1F. The van der Waals surface area contributed by atoms with Gasteiger partial charge in [-0.1, -0.05) is 19.1 Å². The van der Waals surface area contributed by atoms with Gasteiger partial charge in [0.2, 0.25) is 0 Å². The molecule has 2 unspecified atom stereocenters. The van der Waals surface area contributed by atoms with Crippen molar-refractivity contribution in [3.8, 4) is 16.5 Å². The standard InChI is InChI=1S/C22H19F2N5OS/c1-14(21-29-10-20(31-21)16-4-2-15(9-25)3-5-16)22(30,11-27-13-28-12-26)18-8-17(23)6-7-19(18)24/h2-8,10,12-14,30H,11H2,1H3,(H2,26,27,28). The molecule has 0 saturated carbocycles. The number of thiazole rings is 1. The molecule has 2 atom stereocenters. The van der Waals surface area contributed by atoms with Crippen molar-refractivity contribution >= 4 is 24.0 Å². The van der Waals surface area contributed by atoms with Crippen molar-refractivity contribution in [2.24, 2.45) is 15.7 Å². The first-order valence-corrected chi connectivity index (χ1v) is 10.1. The van der Waals surface area contributed by atoms with E-state index in [2.05, 4.69) is 21.0 Å². The summed E-state index contributed by atoms with van der Waals surface area (Å²) in [6.07, 6.45) is 3.81. The first kappa shape index (κ1) is 22.2. The molecule has 0 radical (unpaired) electrons. The van der Waals surface area contributed by atoms with Crippen molar-refractivity contribution in [3.05, 3.63) is 76.4 Å². The number of aliphatic hydroxyl groups is 1. The Bertz CT molecular complexity index is 1150. The highest BCUT2D eigenvalue weighted by Gasteiger charge is 2.40. The second-order valence-corrected chi connectivity index (χ2v) is 7.84. The number of nitrogens with two attached hydrogens (primary N) is 1. The number of aliphatic imine (C=N–C) groups is 2. The summed E-state index contributed by atoms with van der Waals surface area (Å²) in [5.74, 6) is -2.15. The van der Waals surface area contributed by atoms with E-state index in [1.165, 1.54) is 11.3 Å². The summed E-state index contributed by atoms with van der Waals surface area (Å²) in [5.41, 5.74) is 4.47. The molecule has 1 heterocycles. The van der Waals surface area contributed by atoms with Crippen molar-refractivity contribution in [2.45, 2.75) is 18.4 Å². The predicted molar refractivity (Wildman–Crippen MR) is 117 cm³/mol. The maximum absolute atomic E-state index is 14.6.